The summed E-state index contributed by atoms with van der Waals surface area (Å²) in [7, 11) is 0. The zero-order chi connectivity index (χ0) is 13.0. The molecule has 1 aliphatic rings. The largest absolute Gasteiger partial charge is 0.387 e. The Kier molecular flexibility index (Phi) is 4.08. The summed E-state index contributed by atoms with van der Waals surface area (Å²) in [4.78, 5) is 11.6. The highest BCUT2D eigenvalue weighted by Crippen LogP contribution is 2.26. The first-order valence-electron chi connectivity index (χ1n) is 5.68. The number of rotatable bonds is 3. The van der Waals surface area contributed by atoms with Gasteiger partial charge in [0.25, 0.3) is 0 Å². The lowest BCUT2D eigenvalue weighted by Gasteiger charge is -2.21. The minimum atomic E-state index is -0.801. The molecule has 1 unspecified atom stereocenters. The van der Waals surface area contributed by atoms with Crippen LogP contribution in [0.3, 0.4) is 0 Å². The molecule has 1 aromatic rings. The summed E-state index contributed by atoms with van der Waals surface area (Å²) in [5.74, 6) is 1.21. The van der Waals surface area contributed by atoms with E-state index < -0.39 is 11.6 Å². The average molecular weight is 270 g/mol. The second-order valence-electron chi connectivity index (χ2n) is 4.34. The molecule has 1 aliphatic heterocycles. The van der Waals surface area contributed by atoms with Gasteiger partial charge in [0.15, 0.2) is 0 Å². The van der Waals surface area contributed by atoms with Crippen LogP contribution in [0.2, 0.25) is 0 Å². The molecular weight excluding hydrogens is 255 g/mol. The Hall–Kier alpha value is -1.27. The number of hydrogen-bond acceptors (Lipinski definition) is 3. The maximum atomic E-state index is 12.7. The van der Waals surface area contributed by atoms with Crippen molar-refractivity contribution in [2.24, 2.45) is 0 Å². The van der Waals surface area contributed by atoms with E-state index in [0.29, 0.717) is 17.9 Å². The topological polar surface area (TPSA) is 61.4 Å². The minimum Gasteiger partial charge on any atom is -0.387 e. The van der Waals surface area contributed by atoms with Crippen LogP contribution in [0.5, 0.6) is 0 Å². The third-order valence-electron chi connectivity index (χ3n) is 2.76. The number of hydrogen-bond donors (Lipinski definition) is 3. The predicted octanol–water partition coefficient (Wildman–Crippen LogP) is 1.82. The fraction of sp³-hybridized carbons (Fsp3) is 0.417. The van der Waals surface area contributed by atoms with Gasteiger partial charge in [-0.1, -0.05) is 0 Å². The van der Waals surface area contributed by atoms with E-state index in [0.717, 1.165) is 5.75 Å². The highest BCUT2D eigenvalue weighted by Gasteiger charge is 2.31. The van der Waals surface area contributed by atoms with Crippen molar-refractivity contribution in [2.45, 2.75) is 12.0 Å². The Labute approximate surface area is 109 Å². The average Bonchev–Trinajstić information content (AvgIpc) is 2.78. The Balaban J connectivity index is 1.80. The highest BCUT2D eigenvalue weighted by molar-refractivity contribution is 7.99. The van der Waals surface area contributed by atoms with Crippen LogP contribution in [-0.2, 0) is 0 Å². The van der Waals surface area contributed by atoms with Crippen molar-refractivity contribution in [1.29, 1.82) is 0 Å². The van der Waals surface area contributed by atoms with Crippen molar-refractivity contribution in [3.63, 3.8) is 0 Å². The van der Waals surface area contributed by atoms with Gasteiger partial charge in [0, 0.05) is 18.0 Å². The van der Waals surface area contributed by atoms with Gasteiger partial charge in [0.1, 0.15) is 5.82 Å². The SMILES string of the molecule is O=C(NCC1(O)CCSC1)Nc1ccc(F)cc1. The van der Waals surface area contributed by atoms with Crippen LogP contribution in [0, 0.1) is 5.82 Å². The molecule has 1 heterocycles. The molecule has 0 aromatic heterocycles. The van der Waals surface area contributed by atoms with Gasteiger partial charge in [-0.3, -0.25) is 0 Å². The van der Waals surface area contributed by atoms with Crippen LogP contribution in [0.15, 0.2) is 24.3 Å². The number of amides is 2. The summed E-state index contributed by atoms with van der Waals surface area (Å²) >= 11 is 1.67. The van der Waals surface area contributed by atoms with Gasteiger partial charge in [-0.2, -0.15) is 11.8 Å². The molecule has 0 radical (unpaired) electrons. The first-order chi connectivity index (χ1) is 8.57. The summed E-state index contributed by atoms with van der Waals surface area (Å²) in [6.45, 7) is 0.229. The second kappa shape index (κ2) is 5.58. The van der Waals surface area contributed by atoms with E-state index in [1.54, 1.807) is 11.8 Å². The zero-order valence-corrected chi connectivity index (χ0v) is 10.6. The fourth-order valence-corrected chi connectivity index (χ4v) is 2.98. The Bertz CT molecular complexity index is 419. The summed E-state index contributed by atoms with van der Waals surface area (Å²) in [6, 6.07) is 5.12. The number of anilines is 1. The maximum Gasteiger partial charge on any atom is 0.319 e. The molecule has 2 amide bonds. The first-order valence-corrected chi connectivity index (χ1v) is 6.83. The quantitative estimate of drug-likeness (QED) is 0.785. The molecule has 6 heteroatoms. The molecule has 1 atom stereocenters. The molecule has 1 aromatic carbocycles. The van der Waals surface area contributed by atoms with Crippen LogP contribution < -0.4 is 10.6 Å². The van der Waals surface area contributed by atoms with Crippen molar-refractivity contribution < 1.29 is 14.3 Å². The number of nitrogens with one attached hydrogen (secondary N) is 2. The fourth-order valence-electron chi connectivity index (χ4n) is 1.69. The molecule has 3 N–H and O–H groups in total. The Morgan fingerprint density at radius 3 is 2.78 bits per heavy atom. The van der Waals surface area contributed by atoms with E-state index in [2.05, 4.69) is 10.6 Å². The van der Waals surface area contributed by atoms with Crippen LogP contribution >= 0.6 is 11.8 Å². The second-order valence-corrected chi connectivity index (χ2v) is 5.45. The molecule has 98 valence electrons. The maximum absolute atomic E-state index is 12.7. The standard InChI is InChI=1S/C12H15FN2O2S/c13-9-1-3-10(4-2-9)15-11(16)14-7-12(17)5-6-18-8-12/h1-4,17H,5-8H2,(H2,14,15,16). The molecular formula is C12H15FN2O2S. The van der Waals surface area contributed by atoms with E-state index >= 15 is 0 Å². The van der Waals surface area contributed by atoms with Crippen molar-refractivity contribution >= 4 is 23.5 Å². The number of carbonyl (C=O) groups excluding carboxylic acids is 1. The number of urea groups is 1. The number of halogens is 1. The third kappa shape index (κ3) is 3.61. The van der Waals surface area contributed by atoms with Gasteiger partial charge in [-0.15, -0.1) is 0 Å². The van der Waals surface area contributed by atoms with Crippen molar-refractivity contribution in [3.8, 4) is 0 Å². The van der Waals surface area contributed by atoms with Gasteiger partial charge in [-0.25, -0.2) is 9.18 Å². The molecule has 18 heavy (non-hydrogen) atoms. The zero-order valence-electron chi connectivity index (χ0n) is 9.78. The summed E-state index contributed by atoms with van der Waals surface area (Å²) in [5.41, 5.74) is -0.285. The number of carbonyl (C=O) groups is 1. The molecule has 4 nitrogen and oxygen atoms in total. The first kappa shape index (κ1) is 13.2. The summed E-state index contributed by atoms with van der Waals surface area (Å²) < 4.78 is 12.7. The number of benzene rings is 1. The van der Waals surface area contributed by atoms with E-state index in [4.69, 9.17) is 0 Å². The van der Waals surface area contributed by atoms with Gasteiger partial charge < -0.3 is 15.7 Å². The lowest BCUT2D eigenvalue weighted by Crippen LogP contribution is -2.44. The van der Waals surface area contributed by atoms with E-state index in [1.165, 1.54) is 24.3 Å². The van der Waals surface area contributed by atoms with E-state index in [9.17, 15) is 14.3 Å². The van der Waals surface area contributed by atoms with E-state index in [-0.39, 0.29) is 12.4 Å². The summed E-state index contributed by atoms with van der Waals surface area (Å²) in [6.07, 6.45) is 0.689. The number of thioether (sulfide) groups is 1. The lowest BCUT2D eigenvalue weighted by molar-refractivity contribution is 0.0706. The molecule has 0 saturated carbocycles. The number of aliphatic hydroxyl groups is 1. The normalized spacial score (nSPS) is 22.8. The Morgan fingerprint density at radius 1 is 1.44 bits per heavy atom. The highest BCUT2D eigenvalue weighted by atomic mass is 32.2. The monoisotopic (exact) mass is 270 g/mol. The van der Waals surface area contributed by atoms with Crippen molar-refractivity contribution in [2.75, 3.05) is 23.4 Å². The molecule has 0 aliphatic carbocycles. The van der Waals surface area contributed by atoms with Gasteiger partial charge in [-0.05, 0) is 36.4 Å². The Morgan fingerprint density at radius 2 is 2.17 bits per heavy atom. The molecule has 0 spiro atoms. The predicted molar refractivity (Wildman–Crippen MR) is 70.3 cm³/mol. The van der Waals surface area contributed by atoms with Crippen LogP contribution in [-0.4, -0.2) is 34.8 Å². The molecule has 2 rings (SSSR count). The molecule has 1 saturated heterocycles. The van der Waals surface area contributed by atoms with Gasteiger partial charge in [0.05, 0.1) is 5.60 Å². The smallest absolute Gasteiger partial charge is 0.319 e. The van der Waals surface area contributed by atoms with Crippen molar-refractivity contribution in [3.05, 3.63) is 30.1 Å². The lowest BCUT2D eigenvalue weighted by atomic mass is 10.0. The van der Waals surface area contributed by atoms with Crippen LogP contribution in [0.1, 0.15) is 6.42 Å². The third-order valence-corrected chi connectivity index (χ3v) is 4.00. The van der Waals surface area contributed by atoms with Crippen molar-refractivity contribution in [1.82, 2.24) is 5.32 Å². The minimum absolute atomic E-state index is 0.229. The van der Waals surface area contributed by atoms with Crippen LogP contribution in [0.25, 0.3) is 0 Å². The van der Waals surface area contributed by atoms with Crippen LogP contribution in [0.4, 0.5) is 14.9 Å². The van der Waals surface area contributed by atoms with Gasteiger partial charge in [0.2, 0.25) is 0 Å². The van der Waals surface area contributed by atoms with Gasteiger partial charge >= 0.3 is 6.03 Å². The van der Waals surface area contributed by atoms with E-state index in [1.807, 2.05) is 0 Å². The molecule has 0 bridgehead atoms. The molecule has 1 fully saturated rings. The summed E-state index contributed by atoms with van der Waals surface area (Å²) in [5, 5.41) is 15.2.